The van der Waals surface area contributed by atoms with Gasteiger partial charge in [0.05, 0.1) is 24.3 Å². The number of nitrogens with two attached hydrogens (primary N) is 1. The summed E-state index contributed by atoms with van der Waals surface area (Å²) in [6, 6.07) is 6.25. The molecule has 68 valence electrons. The highest BCUT2D eigenvalue weighted by Crippen LogP contribution is 2.20. The van der Waals surface area contributed by atoms with Gasteiger partial charge in [-0.1, -0.05) is 11.6 Å². The summed E-state index contributed by atoms with van der Waals surface area (Å²) in [5, 5.41) is 18.1. The fourth-order valence-corrected chi connectivity index (χ4v) is 1.22. The van der Waals surface area contributed by atoms with Crippen molar-refractivity contribution < 1.29 is 5.11 Å². The largest absolute Gasteiger partial charge is 0.394 e. The lowest BCUT2D eigenvalue weighted by molar-refractivity contribution is 0.268. The summed E-state index contributed by atoms with van der Waals surface area (Å²) >= 11 is 5.73. The second-order valence-electron chi connectivity index (χ2n) is 2.63. The molecule has 0 aliphatic rings. The first kappa shape index (κ1) is 10.0. The lowest BCUT2D eigenvalue weighted by Gasteiger charge is -2.10. The Morgan fingerprint density at radius 1 is 1.62 bits per heavy atom. The first-order valence-corrected chi connectivity index (χ1v) is 4.13. The maximum Gasteiger partial charge on any atom is 0.0995 e. The van der Waals surface area contributed by atoms with Gasteiger partial charge < -0.3 is 10.8 Å². The minimum absolute atomic E-state index is 0.199. The Hall–Kier alpha value is -1.08. The SMILES string of the molecule is N#Cc1ccc(Cl)cc1C(N)CO. The molecule has 0 saturated heterocycles. The van der Waals surface area contributed by atoms with Crippen LogP contribution in [0.5, 0.6) is 0 Å². The molecule has 0 bridgehead atoms. The summed E-state index contributed by atoms with van der Waals surface area (Å²) in [5.74, 6) is 0. The maximum atomic E-state index is 8.82. The monoisotopic (exact) mass is 196 g/mol. The summed E-state index contributed by atoms with van der Waals surface area (Å²) < 4.78 is 0. The molecule has 0 fully saturated rings. The van der Waals surface area contributed by atoms with Crippen LogP contribution in [0.3, 0.4) is 0 Å². The fraction of sp³-hybridized carbons (Fsp3) is 0.222. The van der Waals surface area contributed by atoms with Gasteiger partial charge in [0, 0.05) is 5.02 Å². The number of hydrogen-bond donors (Lipinski definition) is 2. The van der Waals surface area contributed by atoms with Crippen molar-refractivity contribution in [3.8, 4) is 6.07 Å². The van der Waals surface area contributed by atoms with E-state index in [0.29, 0.717) is 16.1 Å². The van der Waals surface area contributed by atoms with Gasteiger partial charge in [-0.15, -0.1) is 0 Å². The van der Waals surface area contributed by atoms with Crippen LogP contribution >= 0.6 is 11.6 Å². The highest BCUT2D eigenvalue weighted by molar-refractivity contribution is 6.30. The van der Waals surface area contributed by atoms with E-state index in [2.05, 4.69) is 0 Å². The van der Waals surface area contributed by atoms with Gasteiger partial charge in [0.25, 0.3) is 0 Å². The Morgan fingerprint density at radius 3 is 2.85 bits per heavy atom. The second-order valence-corrected chi connectivity index (χ2v) is 3.07. The Morgan fingerprint density at radius 2 is 2.31 bits per heavy atom. The Balaban J connectivity index is 3.17. The van der Waals surface area contributed by atoms with Crippen LogP contribution in [0.2, 0.25) is 5.02 Å². The molecule has 0 saturated carbocycles. The summed E-state index contributed by atoms with van der Waals surface area (Å²) in [5.41, 5.74) is 6.61. The van der Waals surface area contributed by atoms with Crippen LogP contribution in [-0.2, 0) is 0 Å². The van der Waals surface area contributed by atoms with E-state index >= 15 is 0 Å². The summed E-state index contributed by atoms with van der Waals surface area (Å²) in [7, 11) is 0. The Kier molecular flexibility index (Phi) is 3.26. The van der Waals surface area contributed by atoms with Crippen molar-refractivity contribution in [3.05, 3.63) is 34.3 Å². The molecule has 0 amide bonds. The Labute approximate surface area is 81.4 Å². The summed E-state index contributed by atoms with van der Waals surface area (Å²) in [6.07, 6.45) is 0. The zero-order chi connectivity index (χ0) is 9.84. The van der Waals surface area contributed by atoms with Crippen LogP contribution in [0.4, 0.5) is 0 Å². The molecular weight excluding hydrogens is 188 g/mol. The summed E-state index contributed by atoms with van der Waals surface area (Å²) in [4.78, 5) is 0. The van der Waals surface area contributed by atoms with E-state index in [1.54, 1.807) is 18.2 Å². The van der Waals surface area contributed by atoms with E-state index < -0.39 is 6.04 Å². The molecule has 1 aromatic carbocycles. The molecule has 0 spiro atoms. The third-order valence-corrected chi connectivity index (χ3v) is 1.97. The van der Waals surface area contributed by atoms with E-state index in [-0.39, 0.29) is 6.61 Å². The molecule has 0 heterocycles. The van der Waals surface area contributed by atoms with Crippen molar-refractivity contribution in [2.75, 3.05) is 6.61 Å². The van der Waals surface area contributed by atoms with E-state index in [0.717, 1.165) is 0 Å². The van der Waals surface area contributed by atoms with Gasteiger partial charge in [0.2, 0.25) is 0 Å². The second kappa shape index (κ2) is 4.24. The molecule has 13 heavy (non-hydrogen) atoms. The third kappa shape index (κ3) is 2.19. The van der Waals surface area contributed by atoms with Crippen molar-refractivity contribution in [1.82, 2.24) is 0 Å². The number of benzene rings is 1. The molecule has 4 heteroatoms. The minimum atomic E-state index is -0.548. The van der Waals surface area contributed by atoms with Gasteiger partial charge in [0.15, 0.2) is 0 Å². The molecule has 3 N–H and O–H groups in total. The van der Waals surface area contributed by atoms with Crippen molar-refractivity contribution in [3.63, 3.8) is 0 Å². The van der Waals surface area contributed by atoms with Crippen molar-refractivity contribution in [1.29, 1.82) is 5.26 Å². The smallest absolute Gasteiger partial charge is 0.0995 e. The normalized spacial score (nSPS) is 12.2. The van der Waals surface area contributed by atoms with Crippen LogP contribution in [0, 0.1) is 11.3 Å². The molecule has 1 rings (SSSR count). The highest BCUT2D eigenvalue weighted by Gasteiger charge is 2.10. The molecule has 1 aromatic rings. The van der Waals surface area contributed by atoms with Gasteiger partial charge in [-0.2, -0.15) is 5.26 Å². The van der Waals surface area contributed by atoms with Crippen molar-refractivity contribution in [2.24, 2.45) is 5.73 Å². The average molecular weight is 197 g/mol. The topological polar surface area (TPSA) is 70.0 Å². The Bertz CT molecular complexity index is 346. The molecular formula is C9H9ClN2O. The van der Waals surface area contributed by atoms with Crippen LogP contribution in [0.15, 0.2) is 18.2 Å². The van der Waals surface area contributed by atoms with E-state index in [9.17, 15) is 0 Å². The van der Waals surface area contributed by atoms with Gasteiger partial charge in [-0.05, 0) is 23.8 Å². The van der Waals surface area contributed by atoms with Crippen molar-refractivity contribution in [2.45, 2.75) is 6.04 Å². The quantitative estimate of drug-likeness (QED) is 0.747. The summed E-state index contributed by atoms with van der Waals surface area (Å²) in [6.45, 7) is -0.199. The van der Waals surface area contributed by atoms with Gasteiger partial charge in [-0.3, -0.25) is 0 Å². The minimum Gasteiger partial charge on any atom is -0.394 e. The number of nitriles is 1. The van der Waals surface area contributed by atoms with Crippen molar-refractivity contribution >= 4 is 11.6 Å². The van der Waals surface area contributed by atoms with Gasteiger partial charge in [-0.25, -0.2) is 0 Å². The third-order valence-electron chi connectivity index (χ3n) is 1.73. The molecule has 1 unspecified atom stereocenters. The zero-order valence-electron chi connectivity index (χ0n) is 6.87. The number of aliphatic hydroxyl groups excluding tert-OH is 1. The molecule has 0 aliphatic heterocycles. The first-order chi connectivity index (χ1) is 6.19. The van der Waals surface area contributed by atoms with Crippen LogP contribution in [0.1, 0.15) is 17.2 Å². The van der Waals surface area contributed by atoms with Crippen LogP contribution < -0.4 is 5.73 Å². The first-order valence-electron chi connectivity index (χ1n) is 3.75. The number of nitrogens with zero attached hydrogens (tertiary/aromatic N) is 1. The lowest BCUT2D eigenvalue weighted by Crippen LogP contribution is -2.15. The average Bonchev–Trinajstić information content (AvgIpc) is 2.16. The number of hydrogen-bond acceptors (Lipinski definition) is 3. The fourth-order valence-electron chi connectivity index (χ4n) is 1.04. The molecule has 0 radical (unpaired) electrons. The van der Waals surface area contributed by atoms with Crippen LogP contribution in [0.25, 0.3) is 0 Å². The maximum absolute atomic E-state index is 8.82. The van der Waals surface area contributed by atoms with Gasteiger partial charge >= 0.3 is 0 Å². The lowest BCUT2D eigenvalue weighted by atomic mass is 10.0. The molecule has 0 aliphatic carbocycles. The van der Waals surface area contributed by atoms with Crippen LogP contribution in [-0.4, -0.2) is 11.7 Å². The standard InChI is InChI=1S/C9H9ClN2O/c10-7-2-1-6(4-11)8(3-7)9(12)5-13/h1-3,9,13H,5,12H2. The molecule has 3 nitrogen and oxygen atoms in total. The number of rotatable bonds is 2. The number of aliphatic hydroxyl groups is 1. The van der Waals surface area contributed by atoms with E-state index in [1.807, 2.05) is 6.07 Å². The predicted octanol–water partition coefficient (Wildman–Crippen LogP) is 1.20. The molecule has 0 aromatic heterocycles. The van der Waals surface area contributed by atoms with E-state index in [1.165, 1.54) is 0 Å². The predicted molar refractivity (Wildman–Crippen MR) is 50.2 cm³/mol. The van der Waals surface area contributed by atoms with Gasteiger partial charge in [0.1, 0.15) is 0 Å². The van der Waals surface area contributed by atoms with E-state index in [4.69, 9.17) is 27.7 Å². The highest BCUT2D eigenvalue weighted by atomic mass is 35.5. The zero-order valence-corrected chi connectivity index (χ0v) is 7.62. The molecule has 1 atom stereocenters. The number of halogens is 1.